The summed E-state index contributed by atoms with van der Waals surface area (Å²) in [6, 6.07) is 0. The lowest BCUT2D eigenvalue weighted by atomic mass is 9.98. The Bertz CT molecular complexity index is 588. The van der Waals surface area contributed by atoms with Crippen molar-refractivity contribution >= 4 is 23.9 Å². The van der Waals surface area contributed by atoms with Crippen molar-refractivity contribution in [1.82, 2.24) is 0 Å². The zero-order valence-corrected chi connectivity index (χ0v) is 17.7. The largest absolute Gasteiger partial charge is 0.463 e. The highest BCUT2D eigenvalue weighted by Crippen LogP contribution is 2.30. The Balaban J connectivity index is 3.21. The lowest BCUT2D eigenvalue weighted by Gasteiger charge is -2.44. The third kappa shape index (κ3) is 8.78. The molecule has 3 unspecified atom stereocenters. The van der Waals surface area contributed by atoms with Gasteiger partial charge in [0.25, 0.3) is 0 Å². The molecular formula is C19H30O10. The molecule has 10 nitrogen and oxygen atoms in total. The van der Waals surface area contributed by atoms with Crippen LogP contribution in [0.3, 0.4) is 0 Å². The number of rotatable bonds is 9. The molecule has 0 aromatic rings. The topological polar surface area (TPSA) is 124 Å². The molecule has 1 fully saturated rings. The van der Waals surface area contributed by atoms with Gasteiger partial charge in [0.1, 0.15) is 12.7 Å². The summed E-state index contributed by atoms with van der Waals surface area (Å²) in [4.78, 5) is 46.2. The molecule has 29 heavy (non-hydrogen) atoms. The normalized spacial score (nSPS) is 26.5. The Labute approximate surface area is 170 Å². The molecule has 5 atom stereocenters. The van der Waals surface area contributed by atoms with Crippen LogP contribution in [0.1, 0.15) is 48.0 Å². The van der Waals surface area contributed by atoms with Crippen molar-refractivity contribution in [2.24, 2.45) is 5.92 Å². The average molecular weight is 418 g/mol. The summed E-state index contributed by atoms with van der Waals surface area (Å²) in [5.41, 5.74) is 0. The summed E-state index contributed by atoms with van der Waals surface area (Å²) in [5.74, 6) is -2.24. The Kier molecular flexibility index (Phi) is 10.0. The van der Waals surface area contributed by atoms with Gasteiger partial charge in [0.05, 0.1) is 6.61 Å². The monoisotopic (exact) mass is 418 g/mol. The van der Waals surface area contributed by atoms with E-state index < -0.39 is 54.6 Å². The Morgan fingerprint density at radius 3 is 1.79 bits per heavy atom. The third-order valence-corrected chi connectivity index (χ3v) is 3.93. The maximum Gasteiger partial charge on any atom is 0.303 e. The van der Waals surface area contributed by atoms with Crippen molar-refractivity contribution in [1.29, 1.82) is 0 Å². The van der Waals surface area contributed by atoms with E-state index in [4.69, 9.17) is 28.4 Å². The number of ether oxygens (including phenoxy) is 6. The Morgan fingerprint density at radius 1 is 0.793 bits per heavy atom. The molecule has 0 aliphatic carbocycles. The first-order chi connectivity index (χ1) is 13.5. The zero-order chi connectivity index (χ0) is 22.1. The first-order valence-electron chi connectivity index (χ1n) is 9.43. The first kappa shape index (κ1) is 24.8. The van der Waals surface area contributed by atoms with Crippen LogP contribution in [0, 0.1) is 5.92 Å². The molecule has 1 saturated heterocycles. The van der Waals surface area contributed by atoms with E-state index in [2.05, 4.69) is 0 Å². The van der Waals surface area contributed by atoms with Gasteiger partial charge < -0.3 is 28.4 Å². The highest BCUT2D eigenvalue weighted by Gasteiger charge is 2.52. The van der Waals surface area contributed by atoms with Crippen LogP contribution in [-0.2, 0) is 47.6 Å². The molecule has 0 aromatic heterocycles. The fourth-order valence-corrected chi connectivity index (χ4v) is 2.74. The fraction of sp³-hybridized carbons (Fsp3) is 0.789. The minimum Gasteiger partial charge on any atom is -0.463 e. The zero-order valence-electron chi connectivity index (χ0n) is 17.7. The van der Waals surface area contributed by atoms with Crippen LogP contribution in [0.2, 0.25) is 0 Å². The van der Waals surface area contributed by atoms with Gasteiger partial charge in [-0.2, -0.15) is 0 Å². The average Bonchev–Trinajstić information content (AvgIpc) is 2.56. The van der Waals surface area contributed by atoms with Crippen molar-refractivity contribution in [3.05, 3.63) is 0 Å². The molecule has 0 bridgehead atoms. The smallest absolute Gasteiger partial charge is 0.303 e. The second-order valence-electron chi connectivity index (χ2n) is 7.12. The van der Waals surface area contributed by atoms with Crippen molar-refractivity contribution in [3.63, 3.8) is 0 Å². The lowest BCUT2D eigenvalue weighted by Crippen LogP contribution is -2.63. The van der Waals surface area contributed by atoms with Crippen LogP contribution in [0.25, 0.3) is 0 Å². The number of hydrogen-bond donors (Lipinski definition) is 0. The molecule has 1 aliphatic rings. The van der Waals surface area contributed by atoms with Crippen LogP contribution in [0.15, 0.2) is 0 Å². The molecule has 0 amide bonds. The van der Waals surface area contributed by atoms with E-state index in [-0.39, 0.29) is 13.2 Å². The summed E-state index contributed by atoms with van der Waals surface area (Å²) in [5, 5.41) is 0. The van der Waals surface area contributed by atoms with Crippen molar-refractivity contribution in [3.8, 4) is 0 Å². The molecule has 1 aliphatic heterocycles. The second-order valence-corrected chi connectivity index (χ2v) is 7.12. The molecule has 166 valence electrons. The van der Waals surface area contributed by atoms with Gasteiger partial charge in [-0.1, -0.05) is 13.8 Å². The highest BCUT2D eigenvalue weighted by molar-refractivity contribution is 5.68. The molecule has 0 saturated carbocycles. The maximum absolute atomic E-state index is 11.7. The van der Waals surface area contributed by atoms with Crippen molar-refractivity contribution in [2.45, 2.75) is 78.7 Å². The van der Waals surface area contributed by atoms with Crippen molar-refractivity contribution < 1.29 is 47.6 Å². The van der Waals surface area contributed by atoms with Gasteiger partial charge in [0.15, 0.2) is 24.6 Å². The summed E-state index contributed by atoms with van der Waals surface area (Å²) < 4.78 is 32.4. The molecule has 0 radical (unpaired) electrons. The van der Waals surface area contributed by atoms with E-state index in [0.29, 0.717) is 12.3 Å². The molecule has 0 aromatic carbocycles. The summed E-state index contributed by atoms with van der Waals surface area (Å²) in [6.07, 6.45) is -4.98. The van der Waals surface area contributed by atoms with E-state index in [1.807, 2.05) is 13.8 Å². The maximum atomic E-state index is 11.7. The highest BCUT2D eigenvalue weighted by atomic mass is 16.7. The molecule has 0 spiro atoms. The second kappa shape index (κ2) is 11.7. The van der Waals surface area contributed by atoms with Crippen molar-refractivity contribution in [2.75, 3.05) is 13.2 Å². The lowest BCUT2D eigenvalue weighted by molar-refractivity contribution is -0.308. The Morgan fingerprint density at radius 2 is 1.31 bits per heavy atom. The molecule has 0 N–H and O–H groups in total. The summed E-state index contributed by atoms with van der Waals surface area (Å²) in [6.45, 7) is 8.76. The van der Waals surface area contributed by atoms with E-state index >= 15 is 0 Å². The Hall–Kier alpha value is -2.20. The van der Waals surface area contributed by atoms with E-state index in [9.17, 15) is 19.2 Å². The third-order valence-electron chi connectivity index (χ3n) is 3.93. The van der Waals surface area contributed by atoms with Gasteiger partial charge in [0, 0.05) is 27.7 Å². The van der Waals surface area contributed by atoms with Gasteiger partial charge in [-0.3, -0.25) is 19.2 Å². The molecular weight excluding hydrogens is 388 g/mol. The minimum atomic E-state index is -1.21. The number of hydrogen-bond acceptors (Lipinski definition) is 10. The molecule has 1 heterocycles. The van der Waals surface area contributed by atoms with Gasteiger partial charge in [-0.25, -0.2) is 0 Å². The van der Waals surface area contributed by atoms with Crippen LogP contribution >= 0.6 is 0 Å². The van der Waals surface area contributed by atoms with Gasteiger partial charge in [-0.05, 0) is 12.3 Å². The number of carbonyl (C=O) groups excluding carboxylic acids is 4. The predicted octanol–water partition coefficient (Wildman–Crippen LogP) is 1.13. The van der Waals surface area contributed by atoms with Gasteiger partial charge >= 0.3 is 23.9 Å². The van der Waals surface area contributed by atoms with Crippen LogP contribution < -0.4 is 0 Å². The van der Waals surface area contributed by atoms with E-state index in [1.54, 1.807) is 0 Å². The molecule has 1 rings (SSSR count). The summed E-state index contributed by atoms with van der Waals surface area (Å²) >= 11 is 0. The first-order valence-corrected chi connectivity index (χ1v) is 9.43. The number of esters is 4. The number of carbonyl (C=O) groups is 4. The standard InChI is InChI=1S/C19H30O10/c1-10(2)7-8-24-19-18(28-14(6)23)17(27-13(5)22)16(26-12(4)21)15(29-19)9-25-11(3)20/h10,15-19H,7-9H2,1-6H3/t15?,16-,17?,18?,19+/m1/s1. The van der Waals surface area contributed by atoms with Crippen LogP contribution in [0.5, 0.6) is 0 Å². The SMILES string of the molecule is CC(=O)OCC1O[C@H](OCCC(C)C)C(OC(C)=O)C(OC(C)=O)[C@@H]1OC(C)=O. The van der Waals surface area contributed by atoms with Crippen LogP contribution in [0.4, 0.5) is 0 Å². The summed E-state index contributed by atoms with van der Waals surface area (Å²) in [7, 11) is 0. The predicted molar refractivity (Wildman–Crippen MR) is 97.4 cm³/mol. The quantitative estimate of drug-likeness (QED) is 0.397. The van der Waals surface area contributed by atoms with Gasteiger partial charge in [-0.15, -0.1) is 0 Å². The molecule has 10 heteroatoms. The van der Waals surface area contributed by atoms with E-state index in [1.165, 1.54) is 27.7 Å². The van der Waals surface area contributed by atoms with Gasteiger partial charge in [0.2, 0.25) is 0 Å². The minimum absolute atomic E-state index is 0.276. The van der Waals surface area contributed by atoms with Crippen LogP contribution in [-0.4, -0.2) is 67.8 Å². The fourth-order valence-electron chi connectivity index (χ4n) is 2.74. The van der Waals surface area contributed by atoms with E-state index in [0.717, 1.165) is 0 Å².